The highest BCUT2D eigenvalue weighted by atomic mass is 32.2. The Bertz CT molecular complexity index is 549. The van der Waals surface area contributed by atoms with Crippen molar-refractivity contribution in [1.82, 2.24) is 4.72 Å². The number of hydrogen-bond donors (Lipinski definition) is 2. The van der Waals surface area contributed by atoms with Gasteiger partial charge in [0.25, 0.3) is 0 Å². The monoisotopic (exact) mass is 258 g/mol. The maximum absolute atomic E-state index is 13.2. The van der Waals surface area contributed by atoms with Crippen LogP contribution in [-0.2, 0) is 10.0 Å². The Balaban J connectivity index is 3.17. The van der Waals surface area contributed by atoms with Gasteiger partial charge in [0.1, 0.15) is 22.3 Å². The van der Waals surface area contributed by atoms with Gasteiger partial charge in [-0.05, 0) is 19.1 Å². The van der Waals surface area contributed by atoms with Crippen molar-refractivity contribution in [2.45, 2.75) is 17.9 Å². The maximum atomic E-state index is 13.2. The molecule has 0 saturated carbocycles. The average molecular weight is 258 g/mol. The van der Waals surface area contributed by atoms with E-state index in [1.54, 1.807) is 0 Å². The standard InChI is InChI=1S/C10H11FN2O3S/c1-7(14)6-13-17(15,16)10-4-2-3-9(11)8(10)5-12/h2-4,7,13-14H,6H2,1H3/t7-/m0/s1. The van der Waals surface area contributed by atoms with Gasteiger partial charge in [0.2, 0.25) is 10.0 Å². The molecular formula is C10H11FN2O3S. The summed E-state index contributed by atoms with van der Waals surface area (Å²) in [7, 11) is -3.99. The summed E-state index contributed by atoms with van der Waals surface area (Å²) in [6.07, 6.45) is -0.871. The molecule has 0 aromatic heterocycles. The van der Waals surface area contributed by atoms with Gasteiger partial charge in [0.05, 0.1) is 6.10 Å². The zero-order valence-electron chi connectivity index (χ0n) is 9.01. The molecule has 0 saturated heterocycles. The molecule has 7 heteroatoms. The molecule has 17 heavy (non-hydrogen) atoms. The lowest BCUT2D eigenvalue weighted by Crippen LogP contribution is -2.31. The van der Waals surface area contributed by atoms with Crippen LogP contribution >= 0.6 is 0 Å². The minimum Gasteiger partial charge on any atom is -0.392 e. The first kappa shape index (κ1) is 13.6. The Labute approximate surface area is 98.6 Å². The minimum absolute atomic E-state index is 0.205. The molecule has 0 aliphatic carbocycles. The molecule has 0 heterocycles. The molecule has 1 aromatic carbocycles. The first-order valence-electron chi connectivity index (χ1n) is 4.75. The maximum Gasteiger partial charge on any atom is 0.242 e. The highest BCUT2D eigenvalue weighted by Crippen LogP contribution is 2.17. The Kier molecular flexibility index (Phi) is 4.17. The molecule has 0 unspecified atom stereocenters. The first-order valence-corrected chi connectivity index (χ1v) is 6.23. The van der Waals surface area contributed by atoms with E-state index in [2.05, 4.69) is 4.72 Å². The van der Waals surface area contributed by atoms with Crippen LogP contribution in [0.25, 0.3) is 0 Å². The number of hydrogen-bond acceptors (Lipinski definition) is 4. The molecule has 0 fully saturated rings. The van der Waals surface area contributed by atoms with E-state index < -0.39 is 32.4 Å². The third-order valence-corrected chi connectivity index (χ3v) is 3.41. The van der Waals surface area contributed by atoms with Crippen LogP contribution in [0.15, 0.2) is 23.1 Å². The molecule has 0 amide bonds. The van der Waals surface area contributed by atoms with Crippen LogP contribution in [0, 0.1) is 17.1 Å². The molecule has 0 aliphatic heterocycles. The predicted octanol–water partition coefficient (Wildman–Crippen LogP) is 0.356. The van der Waals surface area contributed by atoms with Gasteiger partial charge in [-0.15, -0.1) is 0 Å². The summed E-state index contributed by atoms with van der Waals surface area (Å²) in [6, 6.07) is 4.84. The number of rotatable bonds is 4. The Morgan fingerprint density at radius 1 is 1.59 bits per heavy atom. The van der Waals surface area contributed by atoms with E-state index >= 15 is 0 Å². The Morgan fingerprint density at radius 2 is 2.24 bits per heavy atom. The van der Waals surface area contributed by atoms with Crippen molar-refractivity contribution in [3.8, 4) is 6.07 Å². The van der Waals surface area contributed by atoms with Crippen LogP contribution in [-0.4, -0.2) is 26.2 Å². The molecule has 92 valence electrons. The van der Waals surface area contributed by atoms with Crippen molar-refractivity contribution in [2.24, 2.45) is 0 Å². The molecule has 1 aromatic rings. The van der Waals surface area contributed by atoms with Gasteiger partial charge < -0.3 is 5.11 Å². The lowest BCUT2D eigenvalue weighted by Gasteiger charge is -2.09. The van der Waals surface area contributed by atoms with Crippen molar-refractivity contribution in [2.75, 3.05) is 6.54 Å². The van der Waals surface area contributed by atoms with Gasteiger partial charge in [0.15, 0.2) is 0 Å². The van der Waals surface area contributed by atoms with Crippen molar-refractivity contribution in [3.05, 3.63) is 29.6 Å². The van der Waals surface area contributed by atoms with Gasteiger partial charge in [-0.2, -0.15) is 5.26 Å². The van der Waals surface area contributed by atoms with E-state index in [9.17, 15) is 12.8 Å². The third-order valence-electron chi connectivity index (χ3n) is 1.95. The summed E-state index contributed by atoms with van der Waals surface area (Å²) in [6.45, 7) is 1.20. The van der Waals surface area contributed by atoms with Crippen LogP contribution < -0.4 is 4.72 Å². The van der Waals surface area contributed by atoms with E-state index in [0.29, 0.717) is 0 Å². The average Bonchev–Trinajstić information content (AvgIpc) is 2.26. The van der Waals surface area contributed by atoms with E-state index in [1.165, 1.54) is 19.1 Å². The Hall–Kier alpha value is -1.49. The molecule has 0 aliphatic rings. The zero-order valence-corrected chi connectivity index (χ0v) is 9.83. The number of aliphatic hydroxyl groups is 1. The van der Waals surface area contributed by atoms with E-state index in [1.807, 2.05) is 0 Å². The molecule has 0 spiro atoms. The van der Waals surface area contributed by atoms with E-state index in [0.717, 1.165) is 12.1 Å². The number of sulfonamides is 1. The second-order valence-corrected chi connectivity index (χ2v) is 5.16. The third kappa shape index (κ3) is 3.23. The van der Waals surface area contributed by atoms with Gasteiger partial charge in [-0.1, -0.05) is 6.07 Å². The van der Waals surface area contributed by atoms with Crippen molar-refractivity contribution in [1.29, 1.82) is 5.26 Å². The summed E-state index contributed by atoms with van der Waals surface area (Å²) in [5.74, 6) is -0.896. The molecule has 2 N–H and O–H groups in total. The van der Waals surface area contributed by atoms with Crippen molar-refractivity contribution < 1.29 is 17.9 Å². The van der Waals surface area contributed by atoms with Crippen molar-refractivity contribution in [3.63, 3.8) is 0 Å². The number of halogens is 1. The summed E-state index contributed by atoms with van der Waals surface area (Å²) < 4.78 is 38.8. The highest BCUT2D eigenvalue weighted by Gasteiger charge is 2.21. The second-order valence-electron chi connectivity index (χ2n) is 3.43. The summed E-state index contributed by atoms with van der Waals surface area (Å²) in [5.41, 5.74) is -0.536. The minimum atomic E-state index is -3.99. The zero-order chi connectivity index (χ0) is 13.1. The number of benzene rings is 1. The lowest BCUT2D eigenvalue weighted by molar-refractivity contribution is 0.198. The van der Waals surface area contributed by atoms with Crippen LogP contribution in [0.4, 0.5) is 4.39 Å². The fourth-order valence-corrected chi connectivity index (χ4v) is 2.43. The molecule has 0 bridgehead atoms. The first-order chi connectivity index (χ1) is 7.88. The molecule has 1 rings (SSSR count). The summed E-state index contributed by atoms with van der Waals surface area (Å²) >= 11 is 0. The van der Waals surface area contributed by atoms with Crippen LogP contribution in [0.1, 0.15) is 12.5 Å². The van der Waals surface area contributed by atoms with Crippen LogP contribution in [0.2, 0.25) is 0 Å². The largest absolute Gasteiger partial charge is 0.392 e. The number of nitriles is 1. The van der Waals surface area contributed by atoms with Gasteiger partial charge >= 0.3 is 0 Å². The summed E-state index contributed by atoms with van der Waals surface area (Å²) in [4.78, 5) is -0.430. The summed E-state index contributed by atoms with van der Waals surface area (Å²) in [5, 5.41) is 17.7. The topological polar surface area (TPSA) is 90.2 Å². The smallest absolute Gasteiger partial charge is 0.242 e. The predicted molar refractivity (Wildman–Crippen MR) is 58.0 cm³/mol. The normalized spacial score (nSPS) is 13.1. The molecule has 0 radical (unpaired) electrons. The van der Waals surface area contributed by atoms with E-state index in [-0.39, 0.29) is 6.54 Å². The molecule has 1 atom stereocenters. The number of nitrogens with zero attached hydrogens (tertiary/aromatic N) is 1. The quantitative estimate of drug-likeness (QED) is 0.815. The fourth-order valence-electron chi connectivity index (χ4n) is 1.14. The fraction of sp³-hybridized carbons (Fsp3) is 0.300. The number of aliphatic hydroxyl groups excluding tert-OH is 1. The molecular weight excluding hydrogens is 247 g/mol. The van der Waals surface area contributed by atoms with Crippen molar-refractivity contribution >= 4 is 10.0 Å². The van der Waals surface area contributed by atoms with Gasteiger partial charge in [0, 0.05) is 6.54 Å². The lowest BCUT2D eigenvalue weighted by atomic mass is 10.2. The second kappa shape index (κ2) is 5.23. The number of nitrogens with one attached hydrogen (secondary N) is 1. The Morgan fingerprint density at radius 3 is 2.76 bits per heavy atom. The van der Waals surface area contributed by atoms with Crippen LogP contribution in [0.3, 0.4) is 0 Å². The SMILES string of the molecule is C[C@H](O)CNS(=O)(=O)c1cccc(F)c1C#N. The van der Waals surface area contributed by atoms with Gasteiger partial charge in [-0.25, -0.2) is 17.5 Å². The van der Waals surface area contributed by atoms with E-state index in [4.69, 9.17) is 10.4 Å². The molecule has 5 nitrogen and oxygen atoms in total. The highest BCUT2D eigenvalue weighted by molar-refractivity contribution is 7.89. The van der Waals surface area contributed by atoms with Crippen LogP contribution in [0.5, 0.6) is 0 Å². The van der Waals surface area contributed by atoms with Gasteiger partial charge in [-0.3, -0.25) is 0 Å².